The maximum Gasteiger partial charge on any atom is 0.270 e. The highest BCUT2D eigenvalue weighted by molar-refractivity contribution is 7.22. The standard InChI is InChI=1S/C19H23N3O2S2/c1-4-24-14-8-9-15-17(13-14)26-19(20-15)22(11-6-10-21(2)3)18(23)16-7-5-12-25-16/h5,7-9,12-13H,4,6,10-11H2,1-3H3. The number of rotatable bonds is 8. The van der Waals surface area contributed by atoms with Crippen LogP contribution in [0.25, 0.3) is 10.2 Å². The first kappa shape index (κ1) is 18.8. The highest BCUT2D eigenvalue weighted by Gasteiger charge is 2.22. The highest BCUT2D eigenvalue weighted by Crippen LogP contribution is 2.32. The van der Waals surface area contributed by atoms with Crippen LogP contribution in [0.1, 0.15) is 23.0 Å². The Balaban J connectivity index is 1.89. The molecule has 0 aliphatic heterocycles. The molecule has 26 heavy (non-hydrogen) atoms. The van der Waals surface area contributed by atoms with Gasteiger partial charge in [-0.2, -0.15) is 0 Å². The molecule has 0 atom stereocenters. The first-order chi connectivity index (χ1) is 12.6. The molecule has 3 aromatic rings. The topological polar surface area (TPSA) is 45.7 Å². The van der Waals surface area contributed by atoms with Crippen molar-refractivity contribution >= 4 is 43.9 Å². The smallest absolute Gasteiger partial charge is 0.270 e. The summed E-state index contributed by atoms with van der Waals surface area (Å²) in [7, 11) is 4.08. The Kier molecular flexibility index (Phi) is 6.24. The molecule has 0 unspecified atom stereocenters. The Morgan fingerprint density at radius 1 is 1.23 bits per heavy atom. The van der Waals surface area contributed by atoms with Crippen LogP contribution >= 0.6 is 22.7 Å². The van der Waals surface area contributed by atoms with Crippen molar-refractivity contribution in [2.75, 3.05) is 38.7 Å². The van der Waals surface area contributed by atoms with E-state index >= 15 is 0 Å². The fraction of sp³-hybridized carbons (Fsp3) is 0.368. The second-order valence-electron chi connectivity index (χ2n) is 6.15. The van der Waals surface area contributed by atoms with E-state index in [0.717, 1.165) is 38.9 Å². The molecule has 0 aliphatic carbocycles. The quantitative estimate of drug-likeness (QED) is 0.574. The predicted octanol–water partition coefficient (Wildman–Crippen LogP) is 4.36. The number of carbonyl (C=O) groups excluding carboxylic acids is 1. The summed E-state index contributed by atoms with van der Waals surface area (Å²) in [6.45, 7) is 4.17. The lowest BCUT2D eigenvalue weighted by Crippen LogP contribution is -2.32. The van der Waals surface area contributed by atoms with Gasteiger partial charge >= 0.3 is 0 Å². The molecule has 0 radical (unpaired) electrons. The van der Waals surface area contributed by atoms with Gasteiger partial charge in [-0.25, -0.2) is 4.98 Å². The van der Waals surface area contributed by atoms with Crippen LogP contribution in [0.15, 0.2) is 35.7 Å². The number of hydrogen-bond acceptors (Lipinski definition) is 6. The van der Waals surface area contributed by atoms with Gasteiger partial charge in [-0.05, 0) is 63.6 Å². The third-order valence-electron chi connectivity index (χ3n) is 3.85. The molecule has 0 bridgehead atoms. The summed E-state index contributed by atoms with van der Waals surface area (Å²) in [4.78, 5) is 22.4. The maximum absolute atomic E-state index is 13.0. The Morgan fingerprint density at radius 3 is 2.77 bits per heavy atom. The molecule has 2 heterocycles. The van der Waals surface area contributed by atoms with Crippen molar-refractivity contribution in [3.05, 3.63) is 40.6 Å². The van der Waals surface area contributed by atoms with Gasteiger partial charge in [0.15, 0.2) is 5.13 Å². The Labute approximate surface area is 161 Å². The fourth-order valence-electron chi connectivity index (χ4n) is 2.63. The van der Waals surface area contributed by atoms with Gasteiger partial charge in [-0.15, -0.1) is 11.3 Å². The Bertz CT molecular complexity index is 859. The summed E-state index contributed by atoms with van der Waals surface area (Å²) >= 11 is 3.00. The number of thiazole rings is 1. The van der Waals surface area contributed by atoms with E-state index in [1.54, 1.807) is 4.90 Å². The van der Waals surface area contributed by atoms with Gasteiger partial charge in [0, 0.05) is 6.54 Å². The van der Waals surface area contributed by atoms with Crippen LogP contribution in [-0.2, 0) is 0 Å². The average molecular weight is 390 g/mol. The minimum absolute atomic E-state index is 0.0165. The zero-order valence-electron chi connectivity index (χ0n) is 15.3. The number of benzene rings is 1. The first-order valence-corrected chi connectivity index (χ1v) is 10.3. The molecule has 1 aromatic carbocycles. The zero-order valence-corrected chi connectivity index (χ0v) is 16.9. The Hall–Kier alpha value is -1.96. The number of amides is 1. The number of ether oxygens (including phenoxy) is 1. The first-order valence-electron chi connectivity index (χ1n) is 8.62. The lowest BCUT2D eigenvalue weighted by Gasteiger charge is -2.20. The van der Waals surface area contributed by atoms with Crippen molar-refractivity contribution in [3.63, 3.8) is 0 Å². The molecule has 0 N–H and O–H groups in total. The van der Waals surface area contributed by atoms with Crippen LogP contribution < -0.4 is 9.64 Å². The van der Waals surface area contributed by atoms with Crippen molar-refractivity contribution in [2.24, 2.45) is 0 Å². The van der Waals surface area contributed by atoms with Gasteiger partial charge in [0.1, 0.15) is 5.75 Å². The fourth-order valence-corrected chi connectivity index (χ4v) is 4.32. The molecule has 0 aliphatic rings. The van der Waals surface area contributed by atoms with E-state index in [-0.39, 0.29) is 5.91 Å². The summed E-state index contributed by atoms with van der Waals surface area (Å²) in [6.07, 6.45) is 0.893. The second kappa shape index (κ2) is 8.62. The molecule has 1 amide bonds. The lowest BCUT2D eigenvalue weighted by molar-refractivity contribution is 0.0990. The van der Waals surface area contributed by atoms with E-state index in [9.17, 15) is 4.79 Å². The van der Waals surface area contributed by atoms with E-state index in [0.29, 0.717) is 13.2 Å². The molecular weight excluding hydrogens is 366 g/mol. The minimum atomic E-state index is 0.0165. The van der Waals surface area contributed by atoms with E-state index in [2.05, 4.69) is 4.90 Å². The number of hydrogen-bond donors (Lipinski definition) is 0. The van der Waals surface area contributed by atoms with Crippen molar-refractivity contribution in [2.45, 2.75) is 13.3 Å². The van der Waals surface area contributed by atoms with Crippen molar-refractivity contribution in [3.8, 4) is 5.75 Å². The molecule has 0 saturated carbocycles. The Morgan fingerprint density at radius 2 is 2.08 bits per heavy atom. The molecule has 0 fully saturated rings. The van der Waals surface area contributed by atoms with Gasteiger partial charge < -0.3 is 9.64 Å². The van der Waals surface area contributed by atoms with E-state index < -0.39 is 0 Å². The van der Waals surface area contributed by atoms with E-state index in [1.165, 1.54) is 22.7 Å². The average Bonchev–Trinajstić information content (AvgIpc) is 3.27. The molecule has 7 heteroatoms. The zero-order chi connectivity index (χ0) is 18.5. The molecule has 5 nitrogen and oxygen atoms in total. The SMILES string of the molecule is CCOc1ccc2nc(N(CCCN(C)C)C(=O)c3cccs3)sc2c1. The summed E-state index contributed by atoms with van der Waals surface area (Å²) < 4.78 is 6.61. The van der Waals surface area contributed by atoms with E-state index in [4.69, 9.17) is 9.72 Å². The summed E-state index contributed by atoms with van der Waals surface area (Å²) in [6, 6.07) is 9.64. The number of fused-ring (bicyclic) bond motifs is 1. The molecule has 0 saturated heterocycles. The van der Waals surface area contributed by atoms with Crippen LogP contribution in [0.2, 0.25) is 0 Å². The molecular formula is C19H23N3O2S2. The number of carbonyl (C=O) groups is 1. The third-order valence-corrected chi connectivity index (χ3v) is 5.75. The van der Waals surface area contributed by atoms with Crippen molar-refractivity contribution < 1.29 is 9.53 Å². The summed E-state index contributed by atoms with van der Waals surface area (Å²) in [5.74, 6) is 0.849. The van der Waals surface area contributed by atoms with Gasteiger partial charge in [0.05, 0.1) is 21.7 Å². The van der Waals surface area contributed by atoms with Gasteiger partial charge in [0.2, 0.25) is 0 Å². The minimum Gasteiger partial charge on any atom is -0.494 e. The van der Waals surface area contributed by atoms with Gasteiger partial charge in [-0.3, -0.25) is 9.69 Å². The number of aromatic nitrogens is 1. The molecule has 3 rings (SSSR count). The van der Waals surface area contributed by atoms with Crippen LogP contribution in [0.5, 0.6) is 5.75 Å². The van der Waals surface area contributed by atoms with Crippen molar-refractivity contribution in [1.82, 2.24) is 9.88 Å². The van der Waals surface area contributed by atoms with Crippen LogP contribution in [0.3, 0.4) is 0 Å². The summed E-state index contributed by atoms with van der Waals surface area (Å²) in [5, 5.41) is 2.67. The number of anilines is 1. The van der Waals surface area contributed by atoms with Crippen molar-refractivity contribution in [1.29, 1.82) is 0 Å². The predicted molar refractivity (Wildman–Crippen MR) is 110 cm³/mol. The van der Waals surface area contributed by atoms with E-state index in [1.807, 2.05) is 56.7 Å². The highest BCUT2D eigenvalue weighted by atomic mass is 32.1. The lowest BCUT2D eigenvalue weighted by atomic mass is 10.3. The molecule has 0 spiro atoms. The monoisotopic (exact) mass is 389 g/mol. The van der Waals surface area contributed by atoms with Gasteiger partial charge in [0.25, 0.3) is 5.91 Å². The largest absolute Gasteiger partial charge is 0.494 e. The van der Waals surface area contributed by atoms with Crippen LogP contribution in [-0.4, -0.2) is 49.6 Å². The van der Waals surface area contributed by atoms with Crippen LogP contribution in [0.4, 0.5) is 5.13 Å². The molecule has 138 valence electrons. The third kappa shape index (κ3) is 4.41. The molecule has 2 aromatic heterocycles. The second-order valence-corrected chi connectivity index (χ2v) is 8.11. The number of nitrogens with zero attached hydrogens (tertiary/aromatic N) is 3. The maximum atomic E-state index is 13.0. The van der Waals surface area contributed by atoms with Crippen LogP contribution in [0, 0.1) is 0 Å². The number of thiophene rings is 1. The summed E-state index contributed by atoms with van der Waals surface area (Å²) in [5.41, 5.74) is 0.894. The normalized spacial score (nSPS) is 11.2. The van der Waals surface area contributed by atoms with Gasteiger partial charge in [-0.1, -0.05) is 17.4 Å².